The van der Waals surface area contributed by atoms with Gasteiger partial charge in [-0.05, 0) is 28.1 Å². The molecule has 0 bridgehead atoms. The predicted octanol–water partition coefficient (Wildman–Crippen LogP) is 2.76. The van der Waals surface area contributed by atoms with Gasteiger partial charge in [0.2, 0.25) is 0 Å². The molecule has 17 heavy (non-hydrogen) atoms. The van der Waals surface area contributed by atoms with Gasteiger partial charge in [-0.1, -0.05) is 12.1 Å². The number of ether oxygens (including phenoxy) is 1. The Morgan fingerprint density at radius 1 is 1.53 bits per heavy atom. The minimum Gasteiger partial charge on any atom is -0.464 e. The molecule has 0 amide bonds. The summed E-state index contributed by atoms with van der Waals surface area (Å²) in [6.45, 7) is 0. The highest BCUT2D eigenvalue weighted by atomic mass is 79.9. The van der Waals surface area contributed by atoms with Crippen molar-refractivity contribution >= 4 is 21.9 Å². The van der Waals surface area contributed by atoms with E-state index in [1.54, 1.807) is 12.1 Å². The molecule has 1 aromatic carbocycles. The van der Waals surface area contributed by atoms with Crippen LogP contribution in [0, 0.1) is 5.82 Å². The van der Waals surface area contributed by atoms with Gasteiger partial charge in [0.1, 0.15) is 11.5 Å². The van der Waals surface area contributed by atoms with Gasteiger partial charge in [0.15, 0.2) is 0 Å². The van der Waals surface area contributed by atoms with Crippen LogP contribution in [0.2, 0.25) is 0 Å². The fourth-order valence-electron chi connectivity index (χ4n) is 1.38. The Labute approximate surface area is 105 Å². The summed E-state index contributed by atoms with van der Waals surface area (Å²) in [5.41, 5.74) is 1.26. The second kappa shape index (κ2) is 4.67. The zero-order valence-electron chi connectivity index (χ0n) is 8.83. The van der Waals surface area contributed by atoms with Crippen LogP contribution in [0.4, 0.5) is 4.39 Å². The fourth-order valence-corrected chi connectivity index (χ4v) is 1.84. The van der Waals surface area contributed by atoms with E-state index in [9.17, 15) is 9.18 Å². The summed E-state index contributed by atoms with van der Waals surface area (Å²) >= 11 is 3.14. The van der Waals surface area contributed by atoms with Crippen LogP contribution in [-0.2, 0) is 4.74 Å². The molecule has 0 radical (unpaired) electrons. The minimum atomic E-state index is -0.517. The molecule has 1 N–H and O–H groups in total. The number of nitrogens with one attached hydrogen (secondary N) is 1. The monoisotopic (exact) mass is 298 g/mol. The number of aromatic nitrogens is 2. The molecule has 0 unspecified atom stereocenters. The van der Waals surface area contributed by atoms with Gasteiger partial charge in [0.25, 0.3) is 0 Å². The summed E-state index contributed by atoms with van der Waals surface area (Å²) in [5, 5.41) is 6.47. The first-order valence-corrected chi connectivity index (χ1v) is 5.51. The van der Waals surface area contributed by atoms with Gasteiger partial charge in [-0.15, -0.1) is 0 Å². The molecule has 1 heterocycles. The lowest BCUT2D eigenvalue weighted by atomic mass is 10.1. The number of carbonyl (C=O) groups is 1. The van der Waals surface area contributed by atoms with E-state index >= 15 is 0 Å². The molecule has 0 saturated carbocycles. The Morgan fingerprint density at radius 3 is 3.00 bits per heavy atom. The summed E-state index contributed by atoms with van der Waals surface area (Å²) in [6, 6.07) is 6.11. The van der Waals surface area contributed by atoms with E-state index in [0.717, 1.165) is 0 Å². The van der Waals surface area contributed by atoms with Crippen LogP contribution in [0.15, 0.2) is 28.7 Å². The zero-order valence-corrected chi connectivity index (χ0v) is 10.4. The van der Waals surface area contributed by atoms with Crippen LogP contribution in [0.3, 0.4) is 0 Å². The second-order valence-corrected chi connectivity index (χ2v) is 4.05. The SMILES string of the molecule is COC(=O)c1cc(-c2cccc(F)c2Br)n[nH]1. The average Bonchev–Trinajstić information content (AvgIpc) is 2.81. The van der Waals surface area contributed by atoms with Gasteiger partial charge in [-0.2, -0.15) is 5.10 Å². The number of benzene rings is 1. The highest BCUT2D eigenvalue weighted by Crippen LogP contribution is 2.29. The number of nitrogens with zero attached hydrogens (tertiary/aromatic N) is 1. The molecule has 0 aliphatic carbocycles. The van der Waals surface area contributed by atoms with Crippen molar-refractivity contribution in [2.24, 2.45) is 0 Å². The van der Waals surface area contributed by atoms with E-state index in [2.05, 4.69) is 30.9 Å². The summed E-state index contributed by atoms with van der Waals surface area (Å²) in [6.07, 6.45) is 0. The van der Waals surface area contributed by atoms with Crippen LogP contribution in [0.25, 0.3) is 11.3 Å². The van der Waals surface area contributed by atoms with E-state index < -0.39 is 5.97 Å². The number of methoxy groups -OCH3 is 1. The average molecular weight is 299 g/mol. The second-order valence-electron chi connectivity index (χ2n) is 3.26. The van der Waals surface area contributed by atoms with Gasteiger partial charge >= 0.3 is 5.97 Å². The molecule has 2 rings (SSSR count). The number of rotatable bonds is 2. The summed E-state index contributed by atoms with van der Waals surface area (Å²) < 4.78 is 18.2. The van der Waals surface area contributed by atoms with Gasteiger partial charge in [-0.25, -0.2) is 9.18 Å². The van der Waals surface area contributed by atoms with Gasteiger partial charge in [0.05, 0.1) is 17.3 Å². The minimum absolute atomic E-state index is 0.221. The Hall–Kier alpha value is -1.69. The Balaban J connectivity index is 2.44. The Morgan fingerprint density at radius 2 is 2.29 bits per heavy atom. The Bertz CT molecular complexity index is 568. The zero-order chi connectivity index (χ0) is 12.4. The first-order chi connectivity index (χ1) is 8.13. The number of halogens is 2. The number of hydrogen-bond donors (Lipinski definition) is 1. The molecule has 88 valence electrons. The predicted molar refractivity (Wildman–Crippen MR) is 63.0 cm³/mol. The largest absolute Gasteiger partial charge is 0.464 e. The molecule has 0 aliphatic rings. The lowest BCUT2D eigenvalue weighted by molar-refractivity contribution is 0.0594. The van der Waals surface area contributed by atoms with Crippen LogP contribution < -0.4 is 0 Å². The molecule has 1 aromatic heterocycles. The highest BCUT2D eigenvalue weighted by Gasteiger charge is 2.14. The molecule has 0 aliphatic heterocycles. The topological polar surface area (TPSA) is 55.0 Å². The maximum Gasteiger partial charge on any atom is 0.356 e. The summed E-state index contributed by atoms with van der Waals surface area (Å²) in [7, 11) is 1.28. The lowest BCUT2D eigenvalue weighted by Crippen LogP contribution is -2.00. The van der Waals surface area contributed by atoms with Crippen LogP contribution in [0.5, 0.6) is 0 Å². The van der Waals surface area contributed by atoms with Crippen molar-refractivity contribution in [1.82, 2.24) is 10.2 Å². The van der Waals surface area contributed by atoms with E-state index in [-0.39, 0.29) is 11.5 Å². The normalized spacial score (nSPS) is 10.3. The van der Waals surface area contributed by atoms with Gasteiger partial charge in [-0.3, -0.25) is 5.10 Å². The van der Waals surface area contributed by atoms with Crippen molar-refractivity contribution in [2.75, 3.05) is 7.11 Å². The van der Waals surface area contributed by atoms with Crippen molar-refractivity contribution in [3.63, 3.8) is 0 Å². The fraction of sp³-hybridized carbons (Fsp3) is 0.0909. The number of carbonyl (C=O) groups excluding carboxylic acids is 1. The molecule has 4 nitrogen and oxygen atoms in total. The van der Waals surface area contributed by atoms with E-state index in [1.165, 1.54) is 19.2 Å². The third-order valence-electron chi connectivity index (χ3n) is 2.21. The number of hydrogen-bond acceptors (Lipinski definition) is 3. The molecule has 0 spiro atoms. The van der Waals surface area contributed by atoms with Crippen LogP contribution >= 0.6 is 15.9 Å². The van der Waals surface area contributed by atoms with Crippen LogP contribution in [-0.4, -0.2) is 23.3 Å². The van der Waals surface area contributed by atoms with Crippen LogP contribution in [0.1, 0.15) is 10.5 Å². The molecular formula is C11H8BrFN2O2. The van der Waals surface area contributed by atoms with Crippen molar-refractivity contribution < 1.29 is 13.9 Å². The van der Waals surface area contributed by atoms with Crippen molar-refractivity contribution in [1.29, 1.82) is 0 Å². The summed E-state index contributed by atoms with van der Waals surface area (Å²) in [4.78, 5) is 11.2. The van der Waals surface area contributed by atoms with E-state index in [0.29, 0.717) is 15.7 Å². The van der Waals surface area contributed by atoms with Crippen molar-refractivity contribution in [3.8, 4) is 11.3 Å². The number of esters is 1. The smallest absolute Gasteiger partial charge is 0.356 e. The van der Waals surface area contributed by atoms with E-state index in [1.807, 2.05) is 0 Å². The molecule has 0 saturated heterocycles. The third-order valence-corrected chi connectivity index (χ3v) is 3.02. The summed E-state index contributed by atoms with van der Waals surface area (Å²) in [5.74, 6) is -0.901. The number of aromatic amines is 1. The first kappa shape index (κ1) is 11.8. The molecule has 0 atom stereocenters. The molecule has 2 aromatic rings. The highest BCUT2D eigenvalue weighted by molar-refractivity contribution is 9.10. The van der Waals surface area contributed by atoms with Crippen molar-refractivity contribution in [2.45, 2.75) is 0 Å². The molecular weight excluding hydrogens is 291 g/mol. The standard InChI is InChI=1S/C11H8BrFN2O2/c1-17-11(16)9-5-8(14-15-9)6-3-2-4-7(13)10(6)12/h2-5H,1H3,(H,14,15). The van der Waals surface area contributed by atoms with Gasteiger partial charge in [0, 0.05) is 5.56 Å². The molecule has 6 heteroatoms. The Kier molecular flexibility index (Phi) is 3.23. The lowest BCUT2D eigenvalue weighted by Gasteiger charge is -2.00. The van der Waals surface area contributed by atoms with Crippen molar-refractivity contribution in [3.05, 3.63) is 40.2 Å². The van der Waals surface area contributed by atoms with Gasteiger partial charge < -0.3 is 4.74 Å². The third kappa shape index (κ3) is 2.21. The maximum atomic E-state index is 13.3. The first-order valence-electron chi connectivity index (χ1n) is 4.71. The quantitative estimate of drug-likeness (QED) is 0.868. The maximum absolute atomic E-state index is 13.3. The van der Waals surface area contributed by atoms with E-state index in [4.69, 9.17) is 0 Å². The number of H-pyrrole nitrogens is 1. The molecule has 0 fully saturated rings.